The van der Waals surface area contributed by atoms with Crippen molar-refractivity contribution in [3.63, 3.8) is 0 Å². The highest BCUT2D eigenvalue weighted by Gasteiger charge is 2.31. The van der Waals surface area contributed by atoms with E-state index in [-0.39, 0.29) is 24.5 Å². The van der Waals surface area contributed by atoms with Crippen LogP contribution in [0.25, 0.3) is 0 Å². The summed E-state index contributed by atoms with van der Waals surface area (Å²) in [7, 11) is 0. The van der Waals surface area contributed by atoms with Gasteiger partial charge in [-0.05, 0) is 68.0 Å². The minimum atomic E-state index is -0.327. The fourth-order valence-electron chi connectivity index (χ4n) is 3.84. The van der Waals surface area contributed by atoms with Crippen molar-refractivity contribution in [2.24, 2.45) is 0 Å². The Kier molecular flexibility index (Phi) is 5.75. The second-order valence-electron chi connectivity index (χ2n) is 7.51. The molecule has 0 saturated carbocycles. The molecule has 0 radical (unpaired) electrons. The van der Waals surface area contributed by atoms with Crippen molar-refractivity contribution in [2.75, 3.05) is 23.7 Å². The average molecular weight is 468 g/mol. The molecule has 1 aliphatic carbocycles. The third kappa shape index (κ3) is 4.18. The molecule has 0 fully saturated rings. The van der Waals surface area contributed by atoms with Gasteiger partial charge in [-0.2, -0.15) is 0 Å². The fraction of sp³-hybridized carbons (Fsp3) is 0.261. The predicted molar refractivity (Wildman–Crippen MR) is 125 cm³/mol. The summed E-state index contributed by atoms with van der Waals surface area (Å²) >= 11 is 3.09. The van der Waals surface area contributed by atoms with Crippen molar-refractivity contribution in [1.82, 2.24) is 4.98 Å². The number of ether oxygens (including phenoxy) is 2. The third-order valence-electron chi connectivity index (χ3n) is 5.48. The Hall–Kier alpha value is -3.04. The Balaban J connectivity index is 1.30. The van der Waals surface area contributed by atoms with Gasteiger partial charge in [0.1, 0.15) is 0 Å². The summed E-state index contributed by atoms with van der Waals surface area (Å²) in [6.07, 6.45) is 4.52. The van der Waals surface area contributed by atoms with Gasteiger partial charge >= 0.3 is 0 Å². The van der Waals surface area contributed by atoms with Crippen LogP contribution in [-0.2, 0) is 11.2 Å². The summed E-state index contributed by atoms with van der Waals surface area (Å²) in [6.45, 7) is 0.158. The second-order valence-corrected chi connectivity index (χ2v) is 9.48. The summed E-state index contributed by atoms with van der Waals surface area (Å²) in [5.74, 6) is 0.513. The molecule has 7 nitrogen and oxygen atoms in total. The van der Waals surface area contributed by atoms with Crippen molar-refractivity contribution in [3.05, 3.63) is 58.6 Å². The normalized spacial score (nSPS) is 16.3. The lowest BCUT2D eigenvalue weighted by molar-refractivity contribution is -0.117. The number of thiazole rings is 1. The van der Waals surface area contributed by atoms with Crippen LogP contribution in [0, 0.1) is 0 Å². The number of aryl methyl sites for hydroxylation is 1. The number of nitrogens with zero attached hydrogens (tertiary/aromatic N) is 1. The first kappa shape index (κ1) is 20.8. The number of fused-ring (bicyclic) bond motifs is 2. The summed E-state index contributed by atoms with van der Waals surface area (Å²) in [5.41, 5.74) is 2.00. The molecule has 1 unspecified atom stereocenters. The number of anilines is 2. The fourth-order valence-corrected chi connectivity index (χ4v) is 5.31. The monoisotopic (exact) mass is 467 g/mol. The Morgan fingerprint density at radius 3 is 2.72 bits per heavy atom. The zero-order chi connectivity index (χ0) is 22.1. The minimum Gasteiger partial charge on any atom is -0.454 e. The quantitative estimate of drug-likeness (QED) is 0.519. The van der Waals surface area contributed by atoms with Crippen LogP contribution in [0.4, 0.5) is 10.8 Å². The van der Waals surface area contributed by atoms with Crippen LogP contribution < -0.4 is 20.1 Å². The third-order valence-corrected chi connectivity index (χ3v) is 7.27. The summed E-state index contributed by atoms with van der Waals surface area (Å²) in [4.78, 5) is 32.5. The number of hydrogen-bond donors (Lipinski definition) is 2. The standard InChI is InChI=1S/C23H21N3O4S2/c1-31-15-8-6-14(7-9-15)24-22(28)16-3-2-4-19-20(16)25-23(32-19)26-21(27)13-5-10-17-18(11-13)30-12-29-17/h5-11,16H,2-4,12H2,1H3,(H,24,28)(H,25,26,27). The summed E-state index contributed by atoms with van der Waals surface area (Å²) < 4.78 is 10.6. The Bertz CT molecular complexity index is 1180. The van der Waals surface area contributed by atoms with Gasteiger partial charge in [-0.25, -0.2) is 4.98 Å². The molecule has 9 heteroatoms. The van der Waals surface area contributed by atoms with Gasteiger partial charge < -0.3 is 14.8 Å². The molecule has 164 valence electrons. The zero-order valence-electron chi connectivity index (χ0n) is 17.3. The van der Waals surface area contributed by atoms with E-state index in [2.05, 4.69) is 15.6 Å². The van der Waals surface area contributed by atoms with Crippen LogP contribution in [0.15, 0.2) is 47.4 Å². The van der Waals surface area contributed by atoms with Gasteiger partial charge in [-0.1, -0.05) is 0 Å². The van der Waals surface area contributed by atoms with E-state index in [1.807, 2.05) is 30.5 Å². The van der Waals surface area contributed by atoms with E-state index >= 15 is 0 Å². The lowest BCUT2D eigenvalue weighted by Gasteiger charge is -2.20. The van der Waals surface area contributed by atoms with Gasteiger partial charge in [0.25, 0.3) is 5.91 Å². The molecule has 32 heavy (non-hydrogen) atoms. The molecule has 1 aliphatic heterocycles. The Morgan fingerprint density at radius 1 is 1.09 bits per heavy atom. The van der Waals surface area contributed by atoms with Crippen LogP contribution in [0.2, 0.25) is 0 Å². The van der Waals surface area contributed by atoms with E-state index in [0.717, 1.165) is 40.4 Å². The van der Waals surface area contributed by atoms with Gasteiger partial charge in [0.15, 0.2) is 16.6 Å². The molecule has 2 heterocycles. The summed E-state index contributed by atoms with van der Waals surface area (Å²) in [5, 5.41) is 6.38. The number of aromatic nitrogens is 1. The average Bonchev–Trinajstić information content (AvgIpc) is 3.45. The molecule has 3 aromatic rings. The molecule has 2 N–H and O–H groups in total. The maximum absolute atomic E-state index is 13.0. The largest absolute Gasteiger partial charge is 0.454 e. The number of rotatable bonds is 5. The number of amides is 2. The van der Waals surface area contributed by atoms with Gasteiger partial charge in [-0.3, -0.25) is 14.9 Å². The molecule has 1 atom stereocenters. The van der Waals surface area contributed by atoms with Gasteiger partial charge in [0.05, 0.1) is 11.6 Å². The van der Waals surface area contributed by atoms with Crippen molar-refractivity contribution in [3.8, 4) is 11.5 Å². The highest BCUT2D eigenvalue weighted by Crippen LogP contribution is 2.38. The first-order valence-electron chi connectivity index (χ1n) is 10.3. The molecule has 2 aliphatic rings. The molecular weight excluding hydrogens is 446 g/mol. The van der Waals surface area contributed by atoms with Crippen molar-refractivity contribution in [2.45, 2.75) is 30.1 Å². The van der Waals surface area contributed by atoms with Crippen LogP contribution in [-0.4, -0.2) is 29.8 Å². The molecule has 5 rings (SSSR count). The lowest BCUT2D eigenvalue weighted by atomic mass is 9.90. The van der Waals surface area contributed by atoms with Crippen molar-refractivity contribution in [1.29, 1.82) is 0 Å². The first-order chi connectivity index (χ1) is 15.6. The first-order valence-corrected chi connectivity index (χ1v) is 12.3. The highest BCUT2D eigenvalue weighted by molar-refractivity contribution is 7.98. The predicted octanol–water partition coefficient (Wildman–Crippen LogP) is 4.90. The van der Waals surface area contributed by atoms with E-state index in [1.165, 1.54) is 11.3 Å². The molecule has 0 bridgehead atoms. The maximum atomic E-state index is 13.0. The number of thioether (sulfide) groups is 1. The van der Waals surface area contributed by atoms with Crippen LogP contribution in [0.3, 0.4) is 0 Å². The Labute approximate surface area is 193 Å². The number of hydrogen-bond acceptors (Lipinski definition) is 7. The second kappa shape index (κ2) is 8.84. The van der Waals surface area contributed by atoms with E-state index in [0.29, 0.717) is 22.2 Å². The zero-order valence-corrected chi connectivity index (χ0v) is 19.0. The smallest absolute Gasteiger partial charge is 0.257 e. The maximum Gasteiger partial charge on any atom is 0.257 e. The minimum absolute atomic E-state index is 0.0678. The SMILES string of the molecule is CSc1ccc(NC(=O)C2CCCc3sc(NC(=O)c4ccc5c(c4)OCO5)nc32)cc1. The molecular formula is C23H21N3O4S2. The van der Waals surface area contributed by atoms with E-state index < -0.39 is 0 Å². The van der Waals surface area contributed by atoms with Gasteiger partial charge in [0.2, 0.25) is 12.7 Å². The number of nitrogens with one attached hydrogen (secondary N) is 2. The number of carbonyl (C=O) groups excluding carboxylic acids is 2. The molecule has 2 aromatic carbocycles. The van der Waals surface area contributed by atoms with Gasteiger partial charge in [0, 0.05) is 21.0 Å². The lowest BCUT2D eigenvalue weighted by Crippen LogP contribution is -2.24. The van der Waals surface area contributed by atoms with E-state index in [9.17, 15) is 9.59 Å². The molecule has 0 spiro atoms. The molecule has 1 aromatic heterocycles. The molecule has 2 amide bonds. The Morgan fingerprint density at radius 2 is 1.91 bits per heavy atom. The van der Waals surface area contributed by atoms with Crippen LogP contribution in [0.1, 0.15) is 39.7 Å². The molecule has 0 saturated heterocycles. The van der Waals surface area contributed by atoms with Crippen molar-refractivity contribution < 1.29 is 19.1 Å². The summed E-state index contributed by atoms with van der Waals surface area (Å²) in [6, 6.07) is 12.9. The van der Waals surface area contributed by atoms with E-state index in [4.69, 9.17) is 9.47 Å². The highest BCUT2D eigenvalue weighted by atomic mass is 32.2. The number of carbonyl (C=O) groups is 2. The van der Waals surface area contributed by atoms with E-state index in [1.54, 1.807) is 30.0 Å². The van der Waals surface area contributed by atoms with Crippen LogP contribution >= 0.6 is 23.1 Å². The topological polar surface area (TPSA) is 89.6 Å². The van der Waals surface area contributed by atoms with Crippen molar-refractivity contribution >= 4 is 45.7 Å². The van der Waals surface area contributed by atoms with Gasteiger partial charge in [-0.15, -0.1) is 23.1 Å². The number of benzene rings is 2. The van der Waals surface area contributed by atoms with Crippen LogP contribution in [0.5, 0.6) is 11.5 Å².